The zero-order chi connectivity index (χ0) is 13.6. The van der Waals surface area contributed by atoms with Gasteiger partial charge >= 0.3 is 0 Å². The molecule has 4 nitrogen and oxygen atoms in total. The third-order valence-corrected chi connectivity index (χ3v) is 4.49. The largest absolute Gasteiger partial charge is 0.507 e. The molecule has 3 unspecified atom stereocenters. The van der Waals surface area contributed by atoms with Gasteiger partial charge in [-0.3, -0.25) is 4.79 Å². The van der Waals surface area contributed by atoms with Gasteiger partial charge in [0.05, 0.1) is 11.7 Å². The van der Waals surface area contributed by atoms with Gasteiger partial charge in [-0.15, -0.1) is 0 Å². The summed E-state index contributed by atoms with van der Waals surface area (Å²) in [5.74, 6) is 0.560. The molecule has 0 aromatic heterocycles. The molecule has 0 bridgehead atoms. The summed E-state index contributed by atoms with van der Waals surface area (Å²) < 4.78 is 0. The molecule has 1 saturated heterocycles. The van der Waals surface area contributed by atoms with Gasteiger partial charge in [0.2, 0.25) is 0 Å². The monoisotopic (exact) mass is 261 g/mol. The fourth-order valence-electron chi connectivity index (χ4n) is 3.40. The smallest absolute Gasteiger partial charge is 0.257 e. The molecule has 1 amide bonds. The fraction of sp³-hybridized carbons (Fsp3) is 0.533. The molecule has 2 N–H and O–H groups in total. The van der Waals surface area contributed by atoms with Crippen molar-refractivity contribution in [2.45, 2.75) is 25.9 Å². The van der Waals surface area contributed by atoms with Gasteiger partial charge in [0.1, 0.15) is 5.75 Å². The highest BCUT2D eigenvalue weighted by molar-refractivity contribution is 5.97. The first-order valence-corrected chi connectivity index (χ1v) is 6.83. The van der Waals surface area contributed by atoms with Crippen molar-refractivity contribution < 1.29 is 15.0 Å². The van der Waals surface area contributed by atoms with Crippen LogP contribution in [0.5, 0.6) is 5.75 Å². The molecule has 102 valence electrons. The van der Waals surface area contributed by atoms with Gasteiger partial charge in [-0.25, -0.2) is 0 Å². The summed E-state index contributed by atoms with van der Waals surface area (Å²) in [7, 11) is 0. The first-order chi connectivity index (χ1) is 9.06. The topological polar surface area (TPSA) is 60.8 Å². The Labute approximate surface area is 112 Å². The Bertz CT molecular complexity index is 514. The number of amides is 1. The Kier molecular flexibility index (Phi) is 2.97. The molecular formula is C15H19NO3. The van der Waals surface area contributed by atoms with Crippen LogP contribution in [0.2, 0.25) is 0 Å². The Balaban J connectivity index is 1.78. The lowest BCUT2D eigenvalue weighted by Gasteiger charge is -2.19. The van der Waals surface area contributed by atoms with Crippen LogP contribution in [0.4, 0.5) is 0 Å². The number of benzene rings is 1. The van der Waals surface area contributed by atoms with E-state index in [1.807, 2.05) is 13.0 Å². The van der Waals surface area contributed by atoms with Crippen LogP contribution in [0.1, 0.15) is 28.8 Å². The van der Waals surface area contributed by atoms with Crippen LogP contribution in [0.25, 0.3) is 0 Å². The SMILES string of the molecule is Cc1ccc(C(=O)N2CC3CCC(O)C3C2)c(O)c1. The maximum absolute atomic E-state index is 12.4. The maximum Gasteiger partial charge on any atom is 0.257 e. The number of fused-ring (bicyclic) bond motifs is 1. The van der Waals surface area contributed by atoms with Crippen LogP contribution >= 0.6 is 0 Å². The van der Waals surface area contributed by atoms with E-state index in [2.05, 4.69) is 0 Å². The van der Waals surface area contributed by atoms with Gasteiger partial charge in [-0.05, 0) is 43.4 Å². The van der Waals surface area contributed by atoms with Crippen molar-refractivity contribution in [1.82, 2.24) is 4.90 Å². The number of likely N-dealkylation sites (tertiary alicyclic amines) is 1. The minimum atomic E-state index is -0.269. The third-order valence-electron chi connectivity index (χ3n) is 4.49. The molecule has 1 aliphatic heterocycles. The van der Waals surface area contributed by atoms with E-state index in [0.29, 0.717) is 24.6 Å². The highest BCUT2D eigenvalue weighted by Gasteiger charge is 2.43. The van der Waals surface area contributed by atoms with E-state index in [9.17, 15) is 15.0 Å². The standard InChI is InChI=1S/C15H19NO3/c1-9-2-4-11(14(18)6-9)15(19)16-7-10-3-5-13(17)12(10)8-16/h2,4,6,10,12-13,17-18H,3,5,7-8H2,1H3. The lowest BCUT2D eigenvalue weighted by atomic mass is 10.00. The quantitative estimate of drug-likeness (QED) is 0.806. The van der Waals surface area contributed by atoms with Crippen molar-refractivity contribution in [2.75, 3.05) is 13.1 Å². The highest BCUT2D eigenvalue weighted by atomic mass is 16.3. The molecular weight excluding hydrogens is 242 g/mol. The minimum Gasteiger partial charge on any atom is -0.507 e. The van der Waals surface area contributed by atoms with Crippen LogP contribution in [0.3, 0.4) is 0 Å². The molecule has 1 aliphatic carbocycles. The normalized spacial score (nSPS) is 29.6. The molecule has 2 fully saturated rings. The second-order valence-electron chi connectivity index (χ2n) is 5.80. The number of phenols is 1. The number of aromatic hydroxyl groups is 1. The van der Waals surface area contributed by atoms with Gasteiger partial charge in [-0.1, -0.05) is 6.07 Å². The molecule has 0 radical (unpaired) electrons. The number of phenolic OH excluding ortho intramolecular Hbond substituents is 1. The van der Waals surface area contributed by atoms with Crippen molar-refractivity contribution in [3.8, 4) is 5.75 Å². The van der Waals surface area contributed by atoms with Crippen molar-refractivity contribution >= 4 is 5.91 Å². The van der Waals surface area contributed by atoms with Crippen molar-refractivity contribution in [3.63, 3.8) is 0 Å². The zero-order valence-corrected chi connectivity index (χ0v) is 11.0. The second kappa shape index (κ2) is 4.53. The number of carbonyl (C=O) groups excluding carboxylic acids is 1. The summed E-state index contributed by atoms with van der Waals surface area (Å²) in [4.78, 5) is 14.2. The Morgan fingerprint density at radius 1 is 1.32 bits per heavy atom. The van der Waals surface area contributed by atoms with E-state index >= 15 is 0 Å². The average molecular weight is 261 g/mol. The predicted molar refractivity (Wildman–Crippen MR) is 71.0 cm³/mol. The van der Waals surface area contributed by atoms with Crippen LogP contribution in [0, 0.1) is 18.8 Å². The van der Waals surface area contributed by atoms with E-state index in [-0.39, 0.29) is 23.7 Å². The molecule has 1 heterocycles. The predicted octanol–water partition coefficient (Wildman–Crippen LogP) is 1.54. The summed E-state index contributed by atoms with van der Waals surface area (Å²) in [5.41, 5.74) is 1.29. The highest BCUT2D eigenvalue weighted by Crippen LogP contribution is 2.38. The lowest BCUT2D eigenvalue weighted by Crippen LogP contribution is -2.31. The van der Waals surface area contributed by atoms with Crippen molar-refractivity contribution in [2.24, 2.45) is 11.8 Å². The molecule has 3 rings (SSSR count). The zero-order valence-electron chi connectivity index (χ0n) is 11.0. The van der Waals surface area contributed by atoms with E-state index in [1.165, 1.54) is 0 Å². The van der Waals surface area contributed by atoms with E-state index in [0.717, 1.165) is 18.4 Å². The van der Waals surface area contributed by atoms with Crippen LogP contribution < -0.4 is 0 Å². The Hall–Kier alpha value is -1.55. The fourth-order valence-corrected chi connectivity index (χ4v) is 3.40. The molecule has 19 heavy (non-hydrogen) atoms. The molecule has 4 heteroatoms. The Morgan fingerprint density at radius 2 is 2.11 bits per heavy atom. The van der Waals surface area contributed by atoms with Crippen molar-refractivity contribution in [3.05, 3.63) is 29.3 Å². The number of aliphatic hydroxyl groups is 1. The maximum atomic E-state index is 12.4. The Morgan fingerprint density at radius 3 is 2.79 bits per heavy atom. The van der Waals surface area contributed by atoms with Gasteiger partial charge in [0, 0.05) is 19.0 Å². The van der Waals surface area contributed by atoms with Crippen LogP contribution in [0.15, 0.2) is 18.2 Å². The van der Waals surface area contributed by atoms with Gasteiger partial charge in [-0.2, -0.15) is 0 Å². The summed E-state index contributed by atoms with van der Waals surface area (Å²) in [5, 5.41) is 19.8. The molecule has 2 aliphatic rings. The number of aryl methyl sites for hydroxylation is 1. The van der Waals surface area contributed by atoms with Crippen molar-refractivity contribution in [1.29, 1.82) is 0 Å². The van der Waals surface area contributed by atoms with Crippen LogP contribution in [-0.4, -0.2) is 40.2 Å². The summed E-state index contributed by atoms with van der Waals surface area (Å²) in [6, 6.07) is 5.12. The number of hydrogen-bond donors (Lipinski definition) is 2. The lowest BCUT2D eigenvalue weighted by molar-refractivity contribution is 0.0749. The molecule has 1 saturated carbocycles. The number of hydrogen-bond acceptors (Lipinski definition) is 3. The van der Waals surface area contributed by atoms with E-state index in [1.54, 1.807) is 17.0 Å². The first-order valence-electron chi connectivity index (χ1n) is 6.83. The number of nitrogens with zero attached hydrogens (tertiary/aromatic N) is 1. The number of carbonyl (C=O) groups is 1. The van der Waals surface area contributed by atoms with E-state index < -0.39 is 0 Å². The molecule has 1 aromatic rings. The van der Waals surface area contributed by atoms with Gasteiger partial charge in [0.25, 0.3) is 5.91 Å². The summed E-state index contributed by atoms with van der Waals surface area (Å²) >= 11 is 0. The van der Waals surface area contributed by atoms with E-state index in [4.69, 9.17) is 0 Å². The number of aliphatic hydroxyl groups excluding tert-OH is 1. The van der Waals surface area contributed by atoms with Gasteiger partial charge in [0.15, 0.2) is 0 Å². The minimum absolute atomic E-state index is 0.0441. The summed E-state index contributed by atoms with van der Waals surface area (Å²) in [6.07, 6.45) is 1.58. The summed E-state index contributed by atoms with van der Waals surface area (Å²) in [6.45, 7) is 3.19. The molecule has 1 aromatic carbocycles. The molecule has 0 spiro atoms. The average Bonchev–Trinajstić information content (AvgIpc) is 2.91. The van der Waals surface area contributed by atoms with Crippen LogP contribution in [-0.2, 0) is 0 Å². The third kappa shape index (κ3) is 2.10. The number of rotatable bonds is 1. The first kappa shape index (κ1) is 12.5. The molecule has 3 atom stereocenters. The second-order valence-corrected chi connectivity index (χ2v) is 5.80. The van der Waals surface area contributed by atoms with Gasteiger partial charge < -0.3 is 15.1 Å².